The number of anilines is 1. The number of hydrogen-bond acceptors (Lipinski definition) is 3. The SMILES string of the molecule is O=C(NC[C@H]1CCCOC1)Nc1ccc(CCc2ccccn2)cc1. The summed E-state index contributed by atoms with van der Waals surface area (Å²) in [6, 6.07) is 13.8. The Hall–Kier alpha value is -2.40. The second kappa shape index (κ2) is 9.18. The maximum Gasteiger partial charge on any atom is 0.319 e. The minimum atomic E-state index is -0.160. The summed E-state index contributed by atoms with van der Waals surface area (Å²) in [6.07, 6.45) is 5.86. The third-order valence-corrected chi connectivity index (χ3v) is 4.41. The van der Waals surface area contributed by atoms with Gasteiger partial charge in [0.25, 0.3) is 0 Å². The van der Waals surface area contributed by atoms with Crippen molar-refractivity contribution in [1.29, 1.82) is 0 Å². The maximum absolute atomic E-state index is 12.0. The number of rotatable bonds is 6. The summed E-state index contributed by atoms with van der Waals surface area (Å²) in [5.74, 6) is 0.425. The highest BCUT2D eigenvalue weighted by atomic mass is 16.5. The van der Waals surface area contributed by atoms with Gasteiger partial charge in [-0.15, -0.1) is 0 Å². The fraction of sp³-hybridized carbons (Fsp3) is 0.400. The summed E-state index contributed by atoms with van der Waals surface area (Å²) >= 11 is 0. The average molecular weight is 339 g/mol. The number of amides is 2. The summed E-state index contributed by atoms with van der Waals surface area (Å²) in [7, 11) is 0. The molecule has 0 saturated carbocycles. The molecule has 132 valence electrons. The van der Waals surface area contributed by atoms with Gasteiger partial charge in [-0.3, -0.25) is 4.98 Å². The Morgan fingerprint density at radius 1 is 1.16 bits per heavy atom. The summed E-state index contributed by atoms with van der Waals surface area (Å²) in [4.78, 5) is 16.3. The van der Waals surface area contributed by atoms with Crippen LogP contribution in [0.3, 0.4) is 0 Å². The number of pyridine rings is 1. The van der Waals surface area contributed by atoms with Crippen LogP contribution in [-0.2, 0) is 17.6 Å². The molecule has 1 atom stereocenters. The number of carbonyl (C=O) groups excluding carboxylic acids is 1. The third kappa shape index (κ3) is 5.87. The molecule has 0 unspecified atom stereocenters. The van der Waals surface area contributed by atoms with Crippen molar-refractivity contribution in [3.05, 3.63) is 59.9 Å². The Balaban J connectivity index is 1.41. The van der Waals surface area contributed by atoms with Gasteiger partial charge in [0.2, 0.25) is 0 Å². The second-order valence-corrected chi connectivity index (χ2v) is 6.44. The first kappa shape index (κ1) is 17.4. The molecule has 2 N–H and O–H groups in total. The number of carbonyl (C=O) groups is 1. The van der Waals surface area contributed by atoms with Crippen LogP contribution < -0.4 is 10.6 Å². The first-order valence-corrected chi connectivity index (χ1v) is 8.91. The lowest BCUT2D eigenvalue weighted by Gasteiger charge is -2.22. The van der Waals surface area contributed by atoms with E-state index in [0.29, 0.717) is 12.5 Å². The van der Waals surface area contributed by atoms with Crippen molar-refractivity contribution in [3.63, 3.8) is 0 Å². The van der Waals surface area contributed by atoms with Crippen LogP contribution in [0.25, 0.3) is 0 Å². The molecule has 5 heteroatoms. The summed E-state index contributed by atoms with van der Waals surface area (Å²) in [5, 5.41) is 5.80. The highest BCUT2D eigenvalue weighted by Gasteiger charge is 2.14. The Morgan fingerprint density at radius 3 is 2.76 bits per heavy atom. The number of ether oxygens (including phenoxy) is 1. The normalized spacial score (nSPS) is 17.0. The zero-order chi connectivity index (χ0) is 17.3. The van der Waals surface area contributed by atoms with Gasteiger partial charge in [-0.25, -0.2) is 4.79 Å². The number of benzene rings is 1. The van der Waals surface area contributed by atoms with Crippen LogP contribution in [-0.4, -0.2) is 30.8 Å². The van der Waals surface area contributed by atoms with Crippen molar-refractivity contribution in [2.75, 3.05) is 25.1 Å². The lowest BCUT2D eigenvalue weighted by atomic mass is 10.0. The largest absolute Gasteiger partial charge is 0.381 e. The van der Waals surface area contributed by atoms with Crippen LogP contribution in [0.2, 0.25) is 0 Å². The van der Waals surface area contributed by atoms with Crippen LogP contribution >= 0.6 is 0 Å². The lowest BCUT2D eigenvalue weighted by Crippen LogP contribution is -2.35. The van der Waals surface area contributed by atoms with E-state index in [1.807, 2.05) is 48.7 Å². The molecule has 0 radical (unpaired) electrons. The topological polar surface area (TPSA) is 63.2 Å². The maximum atomic E-state index is 12.0. The quantitative estimate of drug-likeness (QED) is 0.848. The van der Waals surface area contributed by atoms with Crippen molar-refractivity contribution in [2.24, 2.45) is 5.92 Å². The Morgan fingerprint density at radius 2 is 2.04 bits per heavy atom. The molecule has 0 spiro atoms. The Bertz CT molecular complexity index is 652. The van der Waals surface area contributed by atoms with Gasteiger partial charge in [0, 0.05) is 30.7 Å². The third-order valence-electron chi connectivity index (χ3n) is 4.41. The predicted molar refractivity (Wildman–Crippen MR) is 98.7 cm³/mol. The molecular formula is C20H25N3O2. The number of aromatic nitrogens is 1. The van der Waals surface area contributed by atoms with Crippen LogP contribution in [0.15, 0.2) is 48.7 Å². The minimum Gasteiger partial charge on any atom is -0.381 e. The second-order valence-electron chi connectivity index (χ2n) is 6.44. The van der Waals surface area contributed by atoms with Crippen LogP contribution in [0.4, 0.5) is 10.5 Å². The van der Waals surface area contributed by atoms with Crippen molar-refractivity contribution >= 4 is 11.7 Å². The van der Waals surface area contributed by atoms with E-state index < -0.39 is 0 Å². The zero-order valence-electron chi connectivity index (χ0n) is 14.4. The van der Waals surface area contributed by atoms with Gasteiger partial charge in [-0.05, 0) is 61.4 Å². The van der Waals surface area contributed by atoms with Gasteiger partial charge in [-0.2, -0.15) is 0 Å². The molecular weight excluding hydrogens is 314 g/mol. The average Bonchev–Trinajstić information content (AvgIpc) is 2.67. The molecule has 1 aliphatic heterocycles. The number of aryl methyl sites for hydroxylation is 2. The molecule has 1 aliphatic rings. The van der Waals surface area contributed by atoms with E-state index in [9.17, 15) is 4.79 Å². The fourth-order valence-electron chi connectivity index (χ4n) is 2.95. The van der Waals surface area contributed by atoms with Gasteiger partial charge in [0.05, 0.1) is 6.61 Å². The first-order valence-electron chi connectivity index (χ1n) is 8.91. The molecule has 1 saturated heterocycles. The van der Waals surface area contributed by atoms with Gasteiger partial charge >= 0.3 is 6.03 Å². The van der Waals surface area contributed by atoms with E-state index in [4.69, 9.17) is 4.74 Å². The lowest BCUT2D eigenvalue weighted by molar-refractivity contribution is 0.0559. The number of nitrogens with one attached hydrogen (secondary N) is 2. The molecule has 1 aromatic carbocycles. The highest BCUT2D eigenvalue weighted by Crippen LogP contribution is 2.13. The van der Waals surface area contributed by atoms with Gasteiger partial charge in [0.15, 0.2) is 0 Å². The van der Waals surface area contributed by atoms with Gasteiger partial charge in [-0.1, -0.05) is 18.2 Å². The van der Waals surface area contributed by atoms with Crippen molar-refractivity contribution in [2.45, 2.75) is 25.7 Å². The molecule has 1 fully saturated rings. The molecule has 2 amide bonds. The fourth-order valence-corrected chi connectivity index (χ4v) is 2.95. The Labute approximate surface area is 148 Å². The predicted octanol–water partition coefficient (Wildman–Crippen LogP) is 3.41. The molecule has 5 nitrogen and oxygen atoms in total. The minimum absolute atomic E-state index is 0.160. The smallest absolute Gasteiger partial charge is 0.319 e. The van der Waals surface area contributed by atoms with E-state index in [1.165, 1.54) is 5.56 Å². The Kier molecular flexibility index (Phi) is 6.40. The zero-order valence-corrected chi connectivity index (χ0v) is 14.4. The number of hydrogen-bond donors (Lipinski definition) is 2. The summed E-state index contributed by atoms with van der Waals surface area (Å²) in [6.45, 7) is 2.24. The van der Waals surface area contributed by atoms with E-state index in [1.54, 1.807) is 0 Å². The summed E-state index contributed by atoms with van der Waals surface area (Å²) < 4.78 is 5.42. The van der Waals surface area contributed by atoms with E-state index in [0.717, 1.165) is 50.3 Å². The number of urea groups is 1. The van der Waals surface area contributed by atoms with E-state index in [2.05, 4.69) is 15.6 Å². The van der Waals surface area contributed by atoms with Gasteiger partial charge < -0.3 is 15.4 Å². The molecule has 25 heavy (non-hydrogen) atoms. The van der Waals surface area contributed by atoms with E-state index >= 15 is 0 Å². The summed E-state index contributed by atoms with van der Waals surface area (Å²) in [5.41, 5.74) is 3.13. The van der Waals surface area contributed by atoms with Crippen LogP contribution in [0.1, 0.15) is 24.1 Å². The number of nitrogens with zero attached hydrogens (tertiary/aromatic N) is 1. The standard InChI is InChI=1S/C20H25N3O2/c24-20(22-14-17-4-3-13-25-15-17)23-19-10-7-16(8-11-19)6-9-18-5-1-2-12-21-18/h1-2,5,7-8,10-12,17H,3-4,6,9,13-15H2,(H2,22,23,24)/t17-/m1/s1. The molecule has 0 bridgehead atoms. The first-order chi connectivity index (χ1) is 12.3. The van der Waals surface area contributed by atoms with Crippen LogP contribution in [0, 0.1) is 5.92 Å². The monoisotopic (exact) mass is 339 g/mol. The highest BCUT2D eigenvalue weighted by molar-refractivity contribution is 5.89. The molecule has 3 rings (SSSR count). The van der Waals surface area contributed by atoms with Crippen molar-refractivity contribution < 1.29 is 9.53 Å². The van der Waals surface area contributed by atoms with Crippen LogP contribution in [0.5, 0.6) is 0 Å². The molecule has 2 heterocycles. The molecule has 0 aliphatic carbocycles. The van der Waals surface area contributed by atoms with Crippen molar-refractivity contribution in [1.82, 2.24) is 10.3 Å². The molecule has 2 aromatic rings. The molecule has 1 aromatic heterocycles. The van der Waals surface area contributed by atoms with Gasteiger partial charge in [0.1, 0.15) is 0 Å². The van der Waals surface area contributed by atoms with E-state index in [-0.39, 0.29) is 6.03 Å². The van der Waals surface area contributed by atoms with Crippen molar-refractivity contribution in [3.8, 4) is 0 Å².